The van der Waals surface area contributed by atoms with Gasteiger partial charge in [-0.1, -0.05) is 6.07 Å². The summed E-state index contributed by atoms with van der Waals surface area (Å²) in [6.45, 7) is 4.79. The van der Waals surface area contributed by atoms with Crippen LogP contribution in [0.5, 0.6) is 0 Å². The van der Waals surface area contributed by atoms with E-state index in [1.807, 2.05) is 24.0 Å². The zero-order valence-electron chi connectivity index (χ0n) is 13.4. The second-order valence-electron chi connectivity index (χ2n) is 6.44. The van der Waals surface area contributed by atoms with E-state index in [0.717, 1.165) is 38.1 Å². The molecule has 0 spiro atoms. The van der Waals surface area contributed by atoms with Gasteiger partial charge in [0.1, 0.15) is 5.69 Å². The van der Waals surface area contributed by atoms with Crippen molar-refractivity contribution in [1.82, 2.24) is 9.88 Å². The van der Waals surface area contributed by atoms with Crippen LogP contribution >= 0.6 is 0 Å². The number of aromatic nitrogens is 1. The molecule has 2 aliphatic rings. The van der Waals surface area contributed by atoms with Crippen molar-refractivity contribution >= 4 is 5.91 Å². The summed E-state index contributed by atoms with van der Waals surface area (Å²) in [4.78, 5) is 19.0. The minimum Gasteiger partial charge on any atom is -0.384 e. The lowest BCUT2D eigenvalue weighted by Crippen LogP contribution is -2.58. The number of likely N-dealkylation sites (tertiary alicyclic amines) is 1. The molecule has 0 bridgehead atoms. The van der Waals surface area contributed by atoms with Crippen LogP contribution in [0.25, 0.3) is 0 Å². The zero-order valence-corrected chi connectivity index (χ0v) is 13.4. The summed E-state index contributed by atoms with van der Waals surface area (Å²) in [5.41, 5.74) is 1.33. The molecular weight excluding hydrogens is 280 g/mol. The molecule has 2 fully saturated rings. The standard InChI is InChI=1S/C17H24N2O3/c1-13-5-3-6-14(18-13)16(20)19-9-7-15-17(11-19,12-21-2)8-4-10-22-15/h3,5-6,15H,4,7-12H2,1-2H3/t15-,17+/m0/s1. The van der Waals surface area contributed by atoms with Gasteiger partial charge in [0, 0.05) is 37.9 Å². The van der Waals surface area contributed by atoms with Crippen molar-refractivity contribution in [2.24, 2.45) is 5.41 Å². The molecule has 0 N–H and O–H groups in total. The molecule has 0 aromatic carbocycles. The van der Waals surface area contributed by atoms with E-state index in [9.17, 15) is 4.79 Å². The van der Waals surface area contributed by atoms with Gasteiger partial charge in [-0.15, -0.1) is 0 Å². The maximum atomic E-state index is 12.8. The first-order chi connectivity index (χ1) is 10.6. The van der Waals surface area contributed by atoms with Crippen molar-refractivity contribution < 1.29 is 14.3 Å². The second-order valence-corrected chi connectivity index (χ2v) is 6.44. The Bertz CT molecular complexity index is 544. The molecule has 1 amide bonds. The Morgan fingerprint density at radius 1 is 1.55 bits per heavy atom. The summed E-state index contributed by atoms with van der Waals surface area (Å²) < 4.78 is 11.4. The van der Waals surface area contributed by atoms with Crippen molar-refractivity contribution in [3.8, 4) is 0 Å². The van der Waals surface area contributed by atoms with Crippen LogP contribution in [0.3, 0.4) is 0 Å². The Labute approximate surface area is 131 Å². The Hall–Kier alpha value is -1.46. The van der Waals surface area contributed by atoms with E-state index in [0.29, 0.717) is 18.8 Å². The van der Waals surface area contributed by atoms with Gasteiger partial charge in [0.05, 0.1) is 12.7 Å². The SMILES string of the molecule is COC[C@]12CCCO[C@H]1CCN(C(=O)c1cccc(C)n1)C2. The summed E-state index contributed by atoms with van der Waals surface area (Å²) in [6.07, 6.45) is 3.16. The highest BCUT2D eigenvalue weighted by Gasteiger charge is 2.47. The van der Waals surface area contributed by atoms with E-state index < -0.39 is 0 Å². The number of fused-ring (bicyclic) bond motifs is 1. The summed E-state index contributed by atoms with van der Waals surface area (Å²) >= 11 is 0. The predicted molar refractivity (Wildman–Crippen MR) is 82.8 cm³/mol. The van der Waals surface area contributed by atoms with E-state index in [1.165, 1.54) is 0 Å². The van der Waals surface area contributed by atoms with Gasteiger partial charge < -0.3 is 14.4 Å². The molecule has 120 valence electrons. The Morgan fingerprint density at radius 3 is 3.18 bits per heavy atom. The first-order valence-corrected chi connectivity index (χ1v) is 7.98. The lowest BCUT2D eigenvalue weighted by Gasteiger charge is -2.50. The first-order valence-electron chi connectivity index (χ1n) is 7.98. The van der Waals surface area contributed by atoms with Gasteiger partial charge in [-0.2, -0.15) is 0 Å². The fourth-order valence-electron chi connectivity index (χ4n) is 3.79. The Kier molecular flexibility index (Phi) is 4.45. The minimum absolute atomic E-state index is 0.0169. The number of carbonyl (C=O) groups excluding carboxylic acids is 1. The van der Waals surface area contributed by atoms with Crippen LogP contribution in [-0.2, 0) is 9.47 Å². The third-order valence-electron chi connectivity index (χ3n) is 4.81. The third-order valence-corrected chi connectivity index (χ3v) is 4.81. The van der Waals surface area contributed by atoms with Crippen molar-refractivity contribution in [3.63, 3.8) is 0 Å². The molecule has 5 heteroatoms. The molecule has 0 aliphatic carbocycles. The molecule has 0 unspecified atom stereocenters. The van der Waals surface area contributed by atoms with E-state index in [2.05, 4.69) is 4.98 Å². The van der Waals surface area contributed by atoms with Crippen LogP contribution in [0.15, 0.2) is 18.2 Å². The molecule has 2 saturated heterocycles. The van der Waals surface area contributed by atoms with Crippen LogP contribution in [0.2, 0.25) is 0 Å². The average Bonchev–Trinajstić information content (AvgIpc) is 2.53. The van der Waals surface area contributed by atoms with E-state index >= 15 is 0 Å². The number of hydrogen-bond donors (Lipinski definition) is 0. The number of hydrogen-bond acceptors (Lipinski definition) is 4. The van der Waals surface area contributed by atoms with Gasteiger partial charge in [0.15, 0.2) is 0 Å². The number of ether oxygens (including phenoxy) is 2. The van der Waals surface area contributed by atoms with E-state index in [1.54, 1.807) is 13.2 Å². The normalized spacial score (nSPS) is 28.3. The number of methoxy groups -OCH3 is 1. The van der Waals surface area contributed by atoms with Gasteiger partial charge in [-0.05, 0) is 38.3 Å². The zero-order chi connectivity index (χ0) is 15.6. The minimum atomic E-state index is -0.0647. The Morgan fingerprint density at radius 2 is 2.41 bits per heavy atom. The van der Waals surface area contributed by atoms with Gasteiger partial charge in [0.25, 0.3) is 5.91 Å². The van der Waals surface area contributed by atoms with Crippen LogP contribution in [0.1, 0.15) is 35.4 Å². The topological polar surface area (TPSA) is 51.7 Å². The number of aryl methyl sites for hydroxylation is 1. The van der Waals surface area contributed by atoms with Crippen LogP contribution in [0.4, 0.5) is 0 Å². The maximum absolute atomic E-state index is 12.8. The molecule has 5 nitrogen and oxygen atoms in total. The molecule has 0 saturated carbocycles. The number of carbonyl (C=O) groups is 1. The Balaban J connectivity index is 1.79. The summed E-state index contributed by atoms with van der Waals surface area (Å²) in [5.74, 6) is 0.0169. The van der Waals surface area contributed by atoms with E-state index in [4.69, 9.17) is 9.47 Å². The number of pyridine rings is 1. The average molecular weight is 304 g/mol. The third kappa shape index (κ3) is 2.88. The molecule has 3 rings (SSSR count). The predicted octanol–water partition coefficient (Wildman–Crippen LogP) is 2.05. The van der Waals surface area contributed by atoms with Crippen molar-refractivity contribution in [2.45, 2.75) is 32.3 Å². The summed E-state index contributed by atoms with van der Waals surface area (Å²) in [5, 5.41) is 0. The number of amides is 1. The quantitative estimate of drug-likeness (QED) is 0.857. The lowest BCUT2D eigenvalue weighted by atomic mass is 9.73. The second kappa shape index (κ2) is 6.34. The van der Waals surface area contributed by atoms with Crippen LogP contribution < -0.4 is 0 Å². The number of piperidine rings is 1. The molecular formula is C17H24N2O3. The maximum Gasteiger partial charge on any atom is 0.272 e. The number of nitrogens with zero attached hydrogens (tertiary/aromatic N) is 2. The van der Waals surface area contributed by atoms with Crippen LogP contribution in [-0.4, -0.2) is 55.3 Å². The fraction of sp³-hybridized carbons (Fsp3) is 0.647. The van der Waals surface area contributed by atoms with Crippen molar-refractivity contribution in [3.05, 3.63) is 29.6 Å². The fourth-order valence-corrected chi connectivity index (χ4v) is 3.79. The highest BCUT2D eigenvalue weighted by molar-refractivity contribution is 5.92. The van der Waals surface area contributed by atoms with Crippen LogP contribution in [0, 0.1) is 12.3 Å². The molecule has 2 atom stereocenters. The highest BCUT2D eigenvalue weighted by Crippen LogP contribution is 2.40. The number of rotatable bonds is 3. The smallest absolute Gasteiger partial charge is 0.272 e. The monoisotopic (exact) mass is 304 g/mol. The molecule has 1 aromatic rings. The molecule has 0 radical (unpaired) electrons. The van der Waals surface area contributed by atoms with Crippen molar-refractivity contribution in [2.75, 3.05) is 33.4 Å². The van der Waals surface area contributed by atoms with Gasteiger partial charge in [-0.25, -0.2) is 4.98 Å². The van der Waals surface area contributed by atoms with Gasteiger partial charge in [0.2, 0.25) is 0 Å². The molecule has 22 heavy (non-hydrogen) atoms. The highest BCUT2D eigenvalue weighted by atomic mass is 16.5. The summed E-state index contributed by atoms with van der Waals surface area (Å²) in [6, 6.07) is 5.59. The summed E-state index contributed by atoms with van der Waals surface area (Å²) in [7, 11) is 1.73. The van der Waals surface area contributed by atoms with Gasteiger partial charge >= 0.3 is 0 Å². The molecule has 2 aliphatic heterocycles. The lowest BCUT2D eigenvalue weighted by molar-refractivity contribution is -0.142. The van der Waals surface area contributed by atoms with Gasteiger partial charge in [-0.3, -0.25) is 4.79 Å². The first kappa shape index (κ1) is 15.4. The van der Waals surface area contributed by atoms with E-state index in [-0.39, 0.29) is 17.4 Å². The molecule has 3 heterocycles. The molecule has 1 aromatic heterocycles. The van der Waals surface area contributed by atoms with Crippen molar-refractivity contribution in [1.29, 1.82) is 0 Å². The largest absolute Gasteiger partial charge is 0.384 e.